The van der Waals surface area contributed by atoms with Crippen LogP contribution in [0, 0.1) is 0 Å². The van der Waals surface area contributed by atoms with Crippen molar-refractivity contribution in [1.82, 2.24) is 4.98 Å². The van der Waals surface area contributed by atoms with Crippen molar-refractivity contribution in [2.75, 3.05) is 0 Å². The molecule has 1 aromatic carbocycles. The van der Waals surface area contributed by atoms with E-state index in [4.69, 9.17) is 4.74 Å². The number of aromatic nitrogens is 1. The fraction of sp³-hybridized carbons (Fsp3) is 0.143. The summed E-state index contributed by atoms with van der Waals surface area (Å²) in [7, 11) is 0. The normalized spacial score (nSPS) is 9.94. The molecule has 1 aromatic heterocycles. The van der Waals surface area contributed by atoms with Gasteiger partial charge in [0.25, 0.3) is 0 Å². The second-order valence-electron chi connectivity index (χ2n) is 3.71. The third kappa shape index (κ3) is 3.14. The third-order valence-corrected chi connectivity index (χ3v) is 2.34. The minimum atomic E-state index is -0.0600. The van der Waals surface area contributed by atoms with Crippen LogP contribution in [0.15, 0.2) is 48.7 Å². The van der Waals surface area contributed by atoms with Gasteiger partial charge in [-0.05, 0) is 11.6 Å². The Hall–Kier alpha value is -2.16. The van der Waals surface area contributed by atoms with Gasteiger partial charge in [0.1, 0.15) is 18.1 Å². The average Bonchev–Trinajstić information content (AvgIpc) is 2.38. The van der Waals surface area contributed by atoms with Crippen LogP contribution in [0.25, 0.3) is 0 Å². The Kier molecular flexibility index (Phi) is 3.50. The highest BCUT2D eigenvalue weighted by molar-refractivity contribution is 5.92. The Labute approximate surface area is 100 Å². The van der Waals surface area contributed by atoms with E-state index < -0.39 is 0 Å². The van der Waals surface area contributed by atoms with Crippen LogP contribution < -0.4 is 4.74 Å². The van der Waals surface area contributed by atoms with Gasteiger partial charge in [0, 0.05) is 19.2 Å². The van der Waals surface area contributed by atoms with Crippen molar-refractivity contribution in [3.05, 3.63) is 59.9 Å². The van der Waals surface area contributed by atoms with Crippen LogP contribution in [0.2, 0.25) is 0 Å². The standard InChI is InChI=1S/C14H13NO2/c1-11(16)14-9-13(7-8-15-14)17-10-12-5-3-2-4-6-12/h2-9H,10H2,1H3. The summed E-state index contributed by atoms with van der Waals surface area (Å²) in [6.07, 6.45) is 1.58. The molecule has 2 rings (SSSR count). The van der Waals surface area contributed by atoms with Crippen LogP contribution in [-0.2, 0) is 6.61 Å². The molecular weight excluding hydrogens is 214 g/mol. The number of benzene rings is 1. The molecule has 0 bridgehead atoms. The molecule has 0 saturated carbocycles. The lowest BCUT2D eigenvalue weighted by Crippen LogP contribution is -1.99. The molecule has 0 saturated heterocycles. The number of Topliss-reactive ketones (excluding diaryl/α,β-unsaturated/α-hetero) is 1. The summed E-state index contributed by atoms with van der Waals surface area (Å²) in [6, 6.07) is 13.3. The van der Waals surface area contributed by atoms with E-state index in [0.717, 1.165) is 5.56 Å². The van der Waals surface area contributed by atoms with Crippen molar-refractivity contribution in [2.24, 2.45) is 0 Å². The molecular formula is C14H13NO2. The lowest BCUT2D eigenvalue weighted by Gasteiger charge is -2.06. The van der Waals surface area contributed by atoms with E-state index in [1.807, 2.05) is 30.3 Å². The maximum absolute atomic E-state index is 11.2. The molecule has 0 aliphatic carbocycles. The molecule has 0 aliphatic rings. The molecule has 3 heteroatoms. The number of hydrogen-bond donors (Lipinski definition) is 0. The van der Waals surface area contributed by atoms with Gasteiger partial charge in [0.05, 0.1) is 0 Å². The summed E-state index contributed by atoms with van der Waals surface area (Å²) in [5.41, 5.74) is 1.52. The van der Waals surface area contributed by atoms with E-state index in [-0.39, 0.29) is 5.78 Å². The number of carbonyl (C=O) groups is 1. The van der Waals surface area contributed by atoms with Gasteiger partial charge in [-0.2, -0.15) is 0 Å². The largest absolute Gasteiger partial charge is 0.489 e. The summed E-state index contributed by atoms with van der Waals surface area (Å²) < 4.78 is 5.59. The van der Waals surface area contributed by atoms with Crippen molar-refractivity contribution in [1.29, 1.82) is 0 Å². The number of nitrogens with zero attached hydrogens (tertiary/aromatic N) is 1. The molecule has 3 nitrogen and oxygen atoms in total. The van der Waals surface area contributed by atoms with Crippen LogP contribution in [0.5, 0.6) is 5.75 Å². The quantitative estimate of drug-likeness (QED) is 0.754. The first kappa shape index (κ1) is 11.3. The maximum atomic E-state index is 11.2. The van der Waals surface area contributed by atoms with Crippen molar-refractivity contribution in [2.45, 2.75) is 13.5 Å². The fourth-order valence-corrected chi connectivity index (χ4v) is 1.43. The Bertz CT molecular complexity index is 509. The van der Waals surface area contributed by atoms with Crippen molar-refractivity contribution >= 4 is 5.78 Å². The van der Waals surface area contributed by atoms with Gasteiger partial charge < -0.3 is 4.74 Å². The molecule has 0 radical (unpaired) electrons. The highest BCUT2D eigenvalue weighted by Gasteiger charge is 2.02. The topological polar surface area (TPSA) is 39.2 Å². The molecule has 86 valence electrons. The molecule has 0 aliphatic heterocycles. The molecule has 0 atom stereocenters. The highest BCUT2D eigenvalue weighted by atomic mass is 16.5. The van der Waals surface area contributed by atoms with Gasteiger partial charge in [-0.1, -0.05) is 30.3 Å². The molecule has 1 heterocycles. The van der Waals surface area contributed by atoms with Crippen LogP contribution in [0.3, 0.4) is 0 Å². The number of rotatable bonds is 4. The maximum Gasteiger partial charge on any atom is 0.178 e. The zero-order valence-corrected chi connectivity index (χ0v) is 9.59. The van der Waals surface area contributed by atoms with Gasteiger partial charge in [-0.3, -0.25) is 9.78 Å². The van der Waals surface area contributed by atoms with Crippen molar-refractivity contribution in [3.8, 4) is 5.75 Å². The Morgan fingerprint density at radius 3 is 2.71 bits per heavy atom. The zero-order valence-electron chi connectivity index (χ0n) is 9.59. The predicted octanol–water partition coefficient (Wildman–Crippen LogP) is 2.86. The van der Waals surface area contributed by atoms with Crippen molar-refractivity contribution < 1.29 is 9.53 Å². The second-order valence-corrected chi connectivity index (χ2v) is 3.71. The minimum Gasteiger partial charge on any atom is -0.489 e. The monoisotopic (exact) mass is 227 g/mol. The molecule has 0 unspecified atom stereocenters. The van der Waals surface area contributed by atoms with Gasteiger partial charge in [0.2, 0.25) is 0 Å². The summed E-state index contributed by atoms with van der Waals surface area (Å²) in [6.45, 7) is 1.98. The Balaban J connectivity index is 2.04. The van der Waals surface area contributed by atoms with E-state index in [9.17, 15) is 4.79 Å². The molecule has 0 fully saturated rings. The number of pyridine rings is 1. The number of carbonyl (C=O) groups excluding carboxylic acids is 1. The van der Waals surface area contributed by atoms with E-state index in [1.165, 1.54) is 6.92 Å². The fourth-order valence-electron chi connectivity index (χ4n) is 1.43. The zero-order chi connectivity index (χ0) is 12.1. The lowest BCUT2D eigenvalue weighted by molar-refractivity contribution is 0.101. The molecule has 0 N–H and O–H groups in total. The van der Waals surface area contributed by atoms with Crippen LogP contribution in [0.1, 0.15) is 23.0 Å². The van der Waals surface area contributed by atoms with E-state index >= 15 is 0 Å². The predicted molar refractivity (Wildman–Crippen MR) is 65.0 cm³/mol. The number of ether oxygens (including phenoxy) is 1. The number of ketones is 1. The van der Waals surface area contributed by atoms with Crippen LogP contribution >= 0.6 is 0 Å². The van der Waals surface area contributed by atoms with E-state index in [0.29, 0.717) is 18.1 Å². The second kappa shape index (κ2) is 5.25. The smallest absolute Gasteiger partial charge is 0.178 e. The van der Waals surface area contributed by atoms with Crippen molar-refractivity contribution in [3.63, 3.8) is 0 Å². The van der Waals surface area contributed by atoms with Gasteiger partial charge in [-0.25, -0.2) is 0 Å². The van der Waals surface area contributed by atoms with E-state index in [2.05, 4.69) is 4.98 Å². The average molecular weight is 227 g/mol. The van der Waals surface area contributed by atoms with Gasteiger partial charge >= 0.3 is 0 Å². The first-order chi connectivity index (χ1) is 8.25. The first-order valence-electron chi connectivity index (χ1n) is 5.39. The van der Waals surface area contributed by atoms with Gasteiger partial charge in [0.15, 0.2) is 5.78 Å². The Morgan fingerprint density at radius 1 is 1.24 bits per heavy atom. The van der Waals surface area contributed by atoms with Crippen LogP contribution in [0.4, 0.5) is 0 Å². The summed E-state index contributed by atoms with van der Waals surface area (Å²) in [4.78, 5) is 15.1. The summed E-state index contributed by atoms with van der Waals surface area (Å²) in [5.74, 6) is 0.601. The highest BCUT2D eigenvalue weighted by Crippen LogP contribution is 2.13. The number of hydrogen-bond acceptors (Lipinski definition) is 3. The molecule has 0 amide bonds. The van der Waals surface area contributed by atoms with Crippen LogP contribution in [-0.4, -0.2) is 10.8 Å². The molecule has 0 spiro atoms. The summed E-state index contributed by atoms with van der Waals surface area (Å²) in [5, 5.41) is 0. The Morgan fingerprint density at radius 2 is 2.00 bits per heavy atom. The summed E-state index contributed by atoms with van der Waals surface area (Å²) >= 11 is 0. The third-order valence-electron chi connectivity index (χ3n) is 2.34. The SMILES string of the molecule is CC(=O)c1cc(OCc2ccccc2)ccn1. The first-order valence-corrected chi connectivity index (χ1v) is 5.39. The van der Waals surface area contributed by atoms with E-state index in [1.54, 1.807) is 18.3 Å². The molecule has 17 heavy (non-hydrogen) atoms. The lowest BCUT2D eigenvalue weighted by atomic mass is 10.2. The molecule has 2 aromatic rings. The van der Waals surface area contributed by atoms with Gasteiger partial charge in [-0.15, -0.1) is 0 Å². The minimum absolute atomic E-state index is 0.0600.